The Hall–Kier alpha value is -2.91. The summed E-state index contributed by atoms with van der Waals surface area (Å²) in [4.78, 5) is 17.2. The second-order valence-electron chi connectivity index (χ2n) is 6.11. The first kappa shape index (κ1) is 17.5. The summed E-state index contributed by atoms with van der Waals surface area (Å²) in [5.74, 6) is 0.881. The van der Waals surface area contributed by atoms with E-state index in [0.29, 0.717) is 30.4 Å². The summed E-state index contributed by atoms with van der Waals surface area (Å²) in [5, 5.41) is 2.99. The highest BCUT2D eigenvalue weighted by atomic mass is 32.2. The minimum Gasteiger partial charge on any atom is -0.307 e. The SMILES string of the molecule is O=S(=O)(c1ccccc1)N1CCC[C@@H]1c1cncc(Nc2ncccn2)n1. The maximum Gasteiger partial charge on any atom is 0.243 e. The third-order valence-electron chi connectivity index (χ3n) is 4.35. The Bertz CT molecular complexity index is 1010. The summed E-state index contributed by atoms with van der Waals surface area (Å²) in [6.45, 7) is 0.461. The van der Waals surface area contributed by atoms with E-state index in [0.717, 1.165) is 6.42 Å². The van der Waals surface area contributed by atoms with E-state index in [1.807, 2.05) is 0 Å². The summed E-state index contributed by atoms with van der Waals surface area (Å²) in [7, 11) is -3.59. The number of benzene rings is 1. The van der Waals surface area contributed by atoms with Gasteiger partial charge in [0.1, 0.15) is 0 Å². The Morgan fingerprint density at radius 3 is 2.59 bits per heavy atom. The lowest BCUT2D eigenvalue weighted by atomic mass is 10.2. The highest BCUT2D eigenvalue weighted by molar-refractivity contribution is 7.89. The number of anilines is 2. The average molecular weight is 382 g/mol. The minimum atomic E-state index is -3.59. The van der Waals surface area contributed by atoms with Crippen LogP contribution >= 0.6 is 0 Å². The van der Waals surface area contributed by atoms with Crippen LogP contribution in [-0.4, -0.2) is 39.2 Å². The lowest BCUT2D eigenvalue weighted by Gasteiger charge is -2.23. The van der Waals surface area contributed by atoms with Crippen LogP contribution in [0, 0.1) is 0 Å². The zero-order chi connectivity index (χ0) is 18.7. The van der Waals surface area contributed by atoms with E-state index in [2.05, 4.69) is 25.3 Å². The maximum atomic E-state index is 13.0. The Morgan fingerprint density at radius 1 is 1.04 bits per heavy atom. The average Bonchev–Trinajstić information content (AvgIpc) is 3.21. The minimum absolute atomic E-state index is 0.289. The summed E-state index contributed by atoms with van der Waals surface area (Å²) in [6.07, 6.45) is 7.89. The van der Waals surface area contributed by atoms with E-state index >= 15 is 0 Å². The molecule has 1 aliphatic rings. The summed E-state index contributed by atoms with van der Waals surface area (Å²) < 4.78 is 27.6. The van der Waals surface area contributed by atoms with Crippen molar-refractivity contribution in [1.29, 1.82) is 0 Å². The molecule has 27 heavy (non-hydrogen) atoms. The predicted octanol–water partition coefficient (Wildman–Crippen LogP) is 2.54. The van der Waals surface area contributed by atoms with Gasteiger partial charge in [0, 0.05) is 18.9 Å². The molecule has 1 N–H and O–H groups in total. The van der Waals surface area contributed by atoms with Crippen LogP contribution in [0.15, 0.2) is 66.1 Å². The highest BCUT2D eigenvalue weighted by Crippen LogP contribution is 2.35. The Balaban J connectivity index is 1.62. The molecule has 138 valence electrons. The Labute approximate surface area is 157 Å². The predicted molar refractivity (Wildman–Crippen MR) is 99.7 cm³/mol. The second kappa shape index (κ2) is 7.37. The molecule has 3 aromatic rings. The van der Waals surface area contributed by atoms with Crippen molar-refractivity contribution in [3.05, 3.63) is 66.9 Å². The first-order chi connectivity index (χ1) is 13.1. The van der Waals surface area contributed by atoms with Crippen molar-refractivity contribution in [3.63, 3.8) is 0 Å². The Morgan fingerprint density at radius 2 is 1.81 bits per heavy atom. The molecule has 9 heteroatoms. The standard InChI is InChI=1S/C18H18N6O2S/c25-27(26,14-6-2-1-3-7-14)24-11-4-8-16(24)15-12-19-13-17(22-15)23-18-20-9-5-10-21-18/h1-3,5-7,9-10,12-13,16H,4,8,11H2,(H,20,21,22,23)/t16-/m1/s1. The van der Waals surface area contributed by atoms with E-state index in [4.69, 9.17) is 0 Å². The van der Waals surface area contributed by atoms with Gasteiger partial charge in [-0.2, -0.15) is 4.31 Å². The Kier molecular flexibility index (Phi) is 4.78. The van der Waals surface area contributed by atoms with Crippen LogP contribution in [0.2, 0.25) is 0 Å². The molecule has 0 bridgehead atoms. The largest absolute Gasteiger partial charge is 0.307 e. The number of hydrogen-bond donors (Lipinski definition) is 1. The van der Waals surface area contributed by atoms with E-state index < -0.39 is 10.0 Å². The van der Waals surface area contributed by atoms with Gasteiger partial charge in [-0.15, -0.1) is 0 Å². The molecule has 8 nitrogen and oxygen atoms in total. The molecular weight excluding hydrogens is 364 g/mol. The molecule has 0 unspecified atom stereocenters. The summed E-state index contributed by atoms with van der Waals surface area (Å²) >= 11 is 0. The lowest BCUT2D eigenvalue weighted by Crippen LogP contribution is -2.31. The molecule has 0 radical (unpaired) electrons. The van der Waals surface area contributed by atoms with Crippen LogP contribution in [0.25, 0.3) is 0 Å². The number of hydrogen-bond acceptors (Lipinski definition) is 7. The van der Waals surface area contributed by atoms with Crippen LogP contribution < -0.4 is 5.32 Å². The highest BCUT2D eigenvalue weighted by Gasteiger charge is 2.37. The van der Waals surface area contributed by atoms with Crippen molar-refractivity contribution >= 4 is 21.8 Å². The first-order valence-electron chi connectivity index (χ1n) is 8.57. The number of sulfonamides is 1. The molecule has 4 rings (SSSR count). The van der Waals surface area contributed by atoms with Crippen LogP contribution in [0.5, 0.6) is 0 Å². The molecule has 0 aliphatic carbocycles. The van der Waals surface area contributed by atoms with Gasteiger partial charge in [0.15, 0.2) is 5.82 Å². The molecule has 1 fully saturated rings. The molecule has 1 saturated heterocycles. The molecule has 1 atom stereocenters. The van der Waals surface area contributed by atoms with E-state index in [-0.39, 0.29) is 10.9 Å². The number of aromatic nitrogens is 4. The second-order valence-corrected chi connectivity index (χ2v) is 8.00. The van der Waals surface area contributed by atoms with Crippen LogP contribution in [0.3, 0.4) is 0 Å². The number of rotatable bonds is 5. The van der Waals surface area contributed by atoms with Gasteiger partial charge in [-0.1, -0.05) is 18.2 Å². The topological polar surface area (TPSA) is 101 Å². The quantitative estimate of drug-likeness (QED) is 0.723. The molecule has 2 aromatic heterocycles. The van der Waals surface area contributed by atoms with Crippen molar-refractivity contribution in [1.82, 2.24) is 24.2 Å². The normalized spacial score (nSPS) is 17.7. The molecule has 1 aromatic carbocycles. The maximum absolute atomic E-state index is 13.0. The fourth-order valence-electron chi connectivity index (χ4n) is 3.13. The summed E-state index contributed by atoms with van der Waals surface area (Å²) in [5.41, 5.74) is 0.605. The van der Waals surface area contributed by atoms with Gasteiger partial charge < -0.3 is 5.32 Å². The van der Waals surface area contributed by atoms with Gasteiger partial charge >= 0.3 is 0 Å². The molecule has 3 heterocycles. The van der Waals surface area contributed by atoms with Crippen LogP contribution in [0.4, 0.5) is 11.8 Å². The van der Waals surface area contributed by atoms with Crippen molar-refractivity contribution in [2.45, 2.75) is 23.8 Å². The van der Waals surface area contributed by atoms with E-state index in [1.165, 1.54) is 4.31 Å². The van der Waals surface area contributed by atoms with Crippen molar-refractivity contribution in [3.8, 4) is 0 Å². The van der Waals surface area contributed by atoms with E-state index in [9.17, 15) is 8.42 Å². The van der Waals surface area contributed by atoms with E-state index in [1.54, 1.807) is 61.2 Å². The number of nitrogens with one attached hydrogen (secondary N) is 1. The van der Waals surface area contributed by atoms with Gasteiger partial charge in [0.25, 0.3) is 0 Å². The molecule has 0 spiro atoms. The van der Waals surface area contributed by atoms with Crippen molar-refractivity contribution in [2.24, 2.45) is 0 Å². The third-order valence-corrected chi connectivity index (χ3v) is 6.28. The van der Waals surface area contributed by atoms with Gasteiger partial charge in [-0.25, -0.2) is 23.4 Å². The van der Waals surface area contributed by atoms with Gasteiger partial charge in [0.2, 0.25) is 16.0 Å². The van der Waals surface area contributed by atoms with Crippen LogP contribution in [-0.2, 0) is 10.0 Å². The zero-order valence-corrected chi connectivity index (χ0v) is 15.2. The summed E-state index contributed by atoms with van der Waals surface area (Å²) in [6, 6.07) is 9.85. The first-order valence-corrected chi connectivity index (χ1v) is 10.0. The zero-order valence-electron chi connectivity index (χ0n) is 14.4. The number of nitrogens with zero attached hydrogens (tertiary/aromatic N) is 5. The van der Waals surface area contributed by atoms with Gasteiger partial charge in [0.05, 0.1) is 29.0 Å². The monoisotopic (exact) mass is 382 g/mol. The van der Waals surface area contributed by atoms with Crippen molar-refractivity contribution < 1.29 is 8.42 Å². The molecule has 1 aliphatic heterocycles. The van der Waals surface area contributed by atoms with Crippen LogP contribution in [0.1, 0.15) is 24.6 Å². The molecule has 0 amide bonds. The van der Waals surface area contributed by atoms with Gasteiger partial charge in [-0.3, -0.25) is 4.98 Å². The lowest BCUT2D eigenvalue weighted by molar-refractivity contribution is 0.390. The molecular formula is C18H18N6O2S. The smallest absolute Gasteiger partial charge is 0.243 e. The van der Waals surface area contributed by atoms with Gasteiger partial charge in [-0.05, 0) is 31.0 Å². The fourth-order valence-corrected chi connectivity index (χ4v) is 4.82. The molecule has 0 saturated carbocycles. The fraction of sp³-hybridized carbons (Fsp3) is 0.222. The third kappa shape index (κ3) is 3.64. The van der Waals surface area contributed by atoms with Crippen molar-refractivity contribution in [2.75, 3.05) is 11.9 Å².